The highest BCUT2D eigenvalue weighted by Gasteiger charge is 2.34. The molecule has 0 bridgehead atoms. The number of amides is 3. The first-order chi connectivity index (χ1) is 16.5. The molecule has 1 heterocycles. The molecule has 0 spiro atoms. The van der Waals surface area contributed by atoms with Gasteiger partial charge in [0.25, 0.3) is 5.91 Å². The van der Waals surface area contributed by atoms with Crippen molar-refractivity contribution in [2.75, 3.05) is 11.4 Å². The third-order valence-electron chi connectivity index (χ3n) is 5.82. The van der Waals surface area contributed by atoms with Crippen molar-refractivity contribution in [1.82, 2.24) is 10.6 Å². The summed E-state index contributed by atoms with van der Waals surface area (Å²) < 4.78 is 19.2. The molecule has 8 heteroatoms. The van der Waals surface area contributed by atoms with E-state index in [-0.39, 0.29) is 23.4 Å². The number of benzene rings is 2. The molecule has 0 saturated heterocycles. The highest BCUT2D eigenvalue weighted by molar-refractivity contribution is 6.04. The first-order valence-corrected chi connectivity index (χ1v) is 11.3. The fraction of sp³-hybridized carbons (Fsp3) is 0.269. The summed E-state index contributed by atoms with van der Waals surface area (Å²) in [6.45, 7) is -0.407. The van der Waals surface area contributed by atoms with Gasteiger partial charge in [-0.2, -0.15) is 0 Å². The normalized spacial score (nSPS) is 14.4. The van der Waals surface area contributed by atoms with E-state index in [1.54, 1.807) is 36.4 Å². The molecule has 2 aromatic carbocycles. The Balaban J connectivity index is 1.66. The van der Waals surface area contributed by atoms with E-state index in [1.165, 1.54) is 35.4 Å². The fourth-order valence-electron chi connectivity index (χ4n) is 4.20. The summed E-state index contributed by atoms with van der Waals surface area (Å²) >= 11 is 0. The Morgan fingerprint density at radius 2 is 1.76 bits per heavy atom. The second-order valence-corrected chi connectivity index (χ2v) is 8.21. The van der Waals surface area contributed by atoms with Crippen molar-refractivity contribution in [2.45, 2.75) is 37.8 Å². The molecule has 1 aromatic heterocycles. The summed E-state index contributed by atoms with van der Waals surface area (Å²) in [6, 6.07) is 16.4. The van der Waals surface area contributed by atoms with E-state index >= 15 is 0 Å². The van der Waals surface area contributed by atoms with Crippen molar-refractivity contribution in [3.63, 3.8) is 0 Å². The van der Waals surface area contributed by atoms with E-state index < -0.39 is 30.2 Å². The number of anilines is 1. The minimum absolute atomic E-state index is 0.0295. The van der Waals surface area contributed by atoms with Crippen LogP contribution >= 0.6 is 0 Å². The van der Waals surface area contributed by atoms with E-state index in [9.17, 15) is 18.8 Å². The number of nitrogens with zero attached hydrogens (tertiary/aromatic N) is 1. The van der Waals surface area contributed by atoms with Gasteiger partial charge in [0, 0.05) is 11.7 Å². The molecule has 34 heavy (non-hydrogen) atoms. The SMILES string of the molecule is O=C(NCC(=O)N(c1cccc(F)c1)[C@H](C(=O)NC1CCCC1)c1ccccc1)c1ccco1. The zero-order valence-electron chi connectivity index (χ0n) is 18.6. The largest absolute Gasteiger partial charge is 0.459 e. The molecule has 0 unspecified atom stereocenters. The quantitative estimate of drug-likeness (QED) is 0.529. The van der Waals surface area contributed by atoms with Crippen molar-refractivity contribution in [3.8, 4) is 0 Å². The first kappa shape index (κ1) is 23.2. The van der Waals surface area contributed by atoms with E-state index in [0.29, 0.717) is 5.56 Å². The van der Waals surface area contributed by atoms with Gasteiger partial charge in [-0.25, -0.2) is 4.39 Å². The molecule has 7 nitrogen and oxygen atoms in total. The van der Waals surface area contributed by atoms with Crippen LogP contribution in [0.5, 0.6) is 0 Å². The number of rotatable bonds is 8. The molecule has 3 aromatic rings. The number of furan rings is 1. The summed E-state index contributed by atoms with van der Waals surface area (Å²) in [5.74, 6) is -1.97. The third kappa shape index (κ3) is 5.51. The fourth-order valence-corrected chi connectivity index (χ4v) is 4.20. The molecule has 0 radical (unpaired) electrons. The molecule has 3 amide bonds. The van der Waals surface area contributed by atoms with Crippen molar-refractivity contribution >= 4 is 23.4 Å². The third-order valence-corrected chi connectivity index (χ3v) is 5.82. The molecule has 4 rings (SSSR count). The standard InChI is InChI=1S/C26H26FN3O4/c27-19-10-6-13-21(16-19)30(23(31)17-28-25(32)22-14-7-15-34-22)24(18-8-2-1-3-9-18)26(33)29-20-11-4-5-12-20/h1-3,6-10,13-16,20,24H,4-5,11-12,17H2,(H,28,32)(H,29,33)/t24-/m0/s1. The zero-order valence-corrected chi connectivity index (χ0v) is 18.6. The molecule has 1 aliphatic rings. The monoisotopic (exact) mass is 463 g/mol. The Kier molecular flexibility index (Phi) is 7.37. The van der Waals surface area contributed by atoms with Crippen LogP contribution < -0.4 is 15.5 Å². The summed E-state index contributed by atoms with van der Waals surface area (Å²) in [7, 11) is 0. The Bertz CT molecular complexity index is 1130. The average molecular weight is 464 g/mol. The Morgan fingerprint density at radius 3 is 2.44 bits per heavy atom. The molecular weight excluding hydrogens is 437 g/mol. The Labute approximate surface area is 196 Å². The van der Waals surface area contributed by atoms with Gasteiger partial charge >= 0.3 is 0 Å². The summed E-state index contributed by atoms with van der Waals surface area (Å²) in [5, 5.41) is 5.57. The van der Waals surface area contributed by atoms with Crippen molar-refractivity contribution in [2.24, 2.45) is 0 Å². The van der Waals surface area contributed by atoms with Gasteiger partial charge in [-0.3, -0.25) is 19.3 Å². The maximum Gasteiger partial charge on any atom is 0.287 e. The van der Waals surface area contributed by atoms with Gasteiger partial charge in [-0.15, -0.1) is 0 Å². The van der Waals surface area contributed by atoms with E-state index in [0.717, 1.165) is 25.7 Å². The molecule has 1 fully saturated rings. The lowest BCUT2D eigenvalue weighted by atomic mass is 10.0. The highest BCUT2D eigenvalue weighted by atomic mass is 19.1. The smallest absolute Gasteiger partial charge is 0.287 e. The predicted octanol–water partition coefficient (Wildman–Crippen LogP) is 3.98. The molecule has 2 N–H and O–H groups in total. The predicted molar refractivity (Wildman–Crippen MR) is 125 cm³/mol. The highest BCUT2D eigenvalue weighted by Crippen LogP contribution is 2.29. The lowest BCUT2D eigenvalue weighted by Gasteiger charge is -2.32. The van der Waals surface area contributed by atoms with Crippen LogP contribution in [0.4, 0.5) is 10.1 Å². The first-order valence-electron chi connectivity index (χ1n) is 11.3. The van der Waals surface area contributed by atoms with Gasteiger partial charge in [-0.05, 0) is 48.7 Å². The van der Waals surface area contributed by atoms with E-state index in [2.05, 4.69) is 10.6 Å². The molecule has 1 atom stereocenters. The molecule has 0 aliphatic heterocycles. The van der Waals surface area contributed by atoms with Gasteiger partial charge in [0.2, 0.25) is 11.8 Å². The summed E-state index contributed by atoms with van der Waals surface area (Å²) in [4.78, 5) is 40.5. The number of halogens is 1. The topological polar surface area (TPSA) is 91.7 Å². The molecule has 176 valence electrons. The van der Waals surface area contributed by atoms with Crippen LogP contribution in [0.1, 0.15) is 47.8 Å². The van der Waals surface area contributed by atoms with Crippen molar-refractivity contribution in [1.29, 1.82) is 0 Å². The lowest BCUT2D eigenvalue weighted by molar-refractivity contribution is -0.126. The van der Waals surface area contributed by atoms with Crippen LogP contribution in [0, 0.1) is 5.82 Å². The number of hydrogen-bond donors (Lipinski definition) is 2. The van der Waals surface area contributed by atoms with Crippen molar-refractivity contribution < 1.29 is 23.2 Å². The molecular formula is C26H26FN3O4. The zero-order chi connectivity index (χ0) is 23.9. The van der Waals surface area contributed by atoms with Gasteiger partial charge in [-0.1, -0.05) is 49.2 Å². The van der Waals surface area contributed by atoms with E-state index in [4.69, 9.17) is 4.42 Å². The van der Waals surface area contributed by atoms with Crippen LogP contribution in [-0.4, -0.2) is 30.3 Å². The number of hydrogen-bond acceptors (Lipinski definition) is 4. The van der Waals surface area contributed by atoms with Gasteiger partial charge in [0.15, 0.2) is 5.76 Å². The van der Waals surface area contributed by atoms with Crippen LogP contribution in [0.3, 0.4) is 0 Å². The molecule has 1 saturated carbocycles. The summed E-state index contributed by atoms with van der Waals surface area (Å²) in [6.07, 6.45) is 5.17. The van der Waals surface area contributed by atoms with Gasteiger partial charge in [0.05, 0.1) is 12.8 Å². The van der Waals surface area contributed by atoms with E-state index in [1.807, 2.05) is 6.07 Å². The lowest BCUT2D eigenvalue weighted by Crippen LogP contribution is -2.49. The van der Waals surface area contributed by atoms with Gasteiger partial charge in [0.1, 0.15) is 11.9 Å². The minimum atomic E-state index is -1.04. The minimum Gasteiger partial charge on any atom is -0.459 e. The molecule has 1 aliphatic carbocycles. The number of carbonyl (C=O) groups excluding carboxylic acids is 3. The van der Waals surface area contributed by atoms with Gasteiger partial charge < -0.3 is 15.1 Å². The van der Waals surface area contributed by atoms with Crippen LogP contribution in [0.2, 0.25) is 0 Å². The Morgan fingerprint density at radius 1 is 1.00 bits per heavy atom. The second kappa shape index (κ2) is 10.8. The maximum atomic E-state index is 14.2. The second-order valence-electron chi connectivity index (χ2n) is 8.21. The summed E-state index contributed by atoms with van der Waals surface area (Å²) in [5.41, 5.74) is 0.792. The average Bonchev–Trinajstić information content (AvgIpc) is 3.56. The Hall–Kier alpha value is -3.94. The van der Waals surface area contributed by atoms with Crippen LogP contribution in [0.15, 0.2) is 77.4 Å². The van der Waals surface area contributed by atoms with Crippen molar-refractivity contribution in [3.05, 3.63) is 90.1 Å². The number of carbonyl (C=O) groups is 3. The van der Waals surface area contributed by atoms with Crippen LogP contribution in [-0.2, 0) is 9.59 Å². The van der Waals surface area contributed by atoms with Crippen LogP contribution in [0.25, 0.3) is 0 Å². The maximum absolute atomic E-state index is 14.2. The number of nitrogens with one attached hydrogen (secondary N) is 2.